The van der Waals surface area contributed by atoms with Crippen molar-refractivity contribution in [2.24, 2.45) is 0 Å². The standard InChI is InChI=1S/C4H10O7PS2/c1-13(6,7)3-10-12(5)11-4-14(2,8)9/h3-4H2,1-2H3/q+1. The molecular weight excluding hydrogens is 255 g/mol. The maximum absolute atomic E-state index is 10.7. The second-order valence-corrected chi connectivity index (χ2v) is 7.71. The van der Waals surface area contributed by atoms with Crippen LogP contribution in [-0.2, 0) is 33.3 Å². The van der Waals surface area contributed by atoms with Crippen LogP contribution in [0.3, 0.4) is 0 Å². The molecule has 14 heavy (non-hydrogen) atoms. The van der Waals surface area contributed by atoms with Crippen molar-refractivity contribution >= 4 is 27.9 Å². The van der Waals surface area contributed by atoms with Gasteiger partial charge in [0.1, 0.15) is 0 Å². The molecule has 7 nitrogen and oxygen atoms in total. The molecule has 0 atom stereocenters. The molecular formula is C4H10O7PS2+. The van der Waals surface area contributed by atoms with E-state index in [0.717, 1.165) is 12.5 Å². The number of rotatable bonds is 6. The van der Waals surface area contributed by atoms with Gasteiger partial charge in [-0.3, -0.25) is 0 Å². The molecule has 0 spiro atoms. The summed E-state index contributed by atoms with van der Waals surface area (Å²) in [5.74, 6) is -1.54. The lowest BCUT2D eigenvalue weighted by molar-refractivity contribution is 0.276. The Balaban J connectivity index is 3.91. The predicted molar refractivity (Wildman–Crippen MR) is 49.2 cm³/mol. The summed E-state index contributed by atoms with van der Waals surface area (Å²) in [5.41, 5.74) is 0. The van der Waals surface area contributed by atoms with Crippen molar-refractivity contribution in [3.8, 4) is 0 Å². The Labute approximate surface area is 83.2 Å². The summed E-state index contributed by atoms with van der Waals surface area (Å²) in [6.45, 7) is 0. The van der Waals surface area contributed by atoms with Gasteiger partial charge in [-0.1, -0.05) is 0 Å². The molecule has 0 saturated carbocycles. The monoisotopic (exact) mass is 265 g/mol. The van der Waals surface area contributed by atoms with Gasteiger partial charge in [-0.15, -0.1) is 9.05 Å². The molecule has 0 aliphatic rings. The van der Waals surface area contributed by atoms with E-state index in [1.165, 1.54) is 0 Å². The molecule has 0 aliphatic carbocycles. The first-order valence-corrected chi connectivity index (χ1v) is 8.40. The Morgan fingerprint density at radius 2 is 1.21 bits per heavy atom. The van der Waals surface area contributed by atoms with Crippen molar-refractivity contribution in [3.63, 3.8) is 0 Å². The van der Waals surface area contributed by atoms with Crippen LogP contribution >= 0.6 is 8.25 Å². The molecule has 84 valence electrons. The summed E-state index contributed by atoms with van der Waals surface area (Å²) in [6, 6.07) is 0. The van der Waals surface area contributed by atoms with Crippen molar-refractivity contribution < 1.29 is 30.4 Å². The van der Waals surface area contributed by atoms with Crippen LogP contribution in [0.2, 0.25) is 0 Å². The summed E-state index contributed by atoms with van der Waals surface area (Å²) in [7, 11) is -9.53. The van der Waals surface area contributed by atoms with Gasteiger partial charge < -0.3 is 0 Å². The third-order valence-corrected chi connectivity index (χ3v) is 2.87. The van der Waals surface area contributed by atoms with Crippen molar-refractivity contribution in [1.29, 1.82) is 0 Å². The lowest BCUT2D eigenvalue weighted by Gasteiger charge is -1.90. The minimum absolute atomic E-state index is 0.772. The van der Waals surface area contributed by atoms with Gasteiger partial charge in [0, 0.05) is 17.1 Å². The fraction of sp³-hybridized carbons (Fsp3) is 1.00. The predicted octanol–water partition coefficient (Wildman–Crippen LogP) is -0.319. The first-order chi connectivity index (χ1) is 6.10. The molecule has 0 heterocycles. The highest BCUT2D eigenvalue weighted by molar-refractivity contribution is 7.91. The van der Waals surface area contributed by atoms with E-state index in [-0.39, 0.29) is 0 Å². The third kappa shape index (κ3) is 10.0. The normalized spacial score (nSPS) is 12.7. The van der Waals surface area contributed by atoms with Crippen molar-refractivity contribution in [1.82, 2.24) is 0 Å². The quantitative estimate of drug-likeness (QED) is 0.606. The number of sulfone groups is 2. The van der Waals surface area contributed by atoms with Crippen LogP contribution in [0.5, 0.6) is 0 Å². The molecule has 0 aromatic rings. The lowest BCUT2D eigenvalue weighted by Crippen LogP contribution is -2.06. The fourth-order valence-electron chi connectivity index (χ4n) is 0.315. The second-order valence-electron chi connectivity index (χ2n) is 2.57. The Hall–Kier alpha value is -0.0800. The highest BCUT2D eigenvalue weighted by Gasteiger charge is 2.25. The zero-order valence-corrected chi connectivity index (χ0v) is 10.1. The van der Waals surface area contributed by atoms with Crippen LogP contribution in [0, 0.1) is 0 Å². The summed E-state index contributed by atoms with van der Waals surface area (Å²) >= 11 is 0. The Bertz CT molecular complexity index is 355. The van der Waals surface area contributed by atoms with Gasteiger partial charge in [-0.2, -0.15) is 0 Å². The van der Waals surface area contributed by atoms with Gasteiger partial charge in [0.2, 0.25) is 11.9 Å². The van der Waals surface area contributed by atoms with Crippen LogP contribution < -0.4 is 0 Å². The summed E-state index contributed by atoms with van der Waals surface area (Å²) in [5, 5.41) is 0. The van der Waals surface area contributed by atoms with E-state index in [9.17, 15) is 21.4 Å². The van der Waals surface area contributed by atoms with Crippen LogP contribution in [0.4, 0.5) is 0 Å². The molecule has 0 fully saturated rings. The van der Waals surface area contributed by atoms with E-state index in [2.05, 4.69) is 9.05 Å². The minimum Gasteiger partial charge on any atom is -0.227 e. The highest BCUT2D eigenvalue weighted by atomic mass is 32.2. The topological polar surface area (TPSA) is 104 Å². The molecule has 10 heteroatoms. The summed E-state index contributed by atoms with van der Waals surface area (Å²) in [4.78, 5) is 0. The van der Waals surface area contributed by atoms with Crippen LogP contribution in [0.25, 0.3) is 0 Å². The van der Waals surface area contributed by atoms with Crippen molar-refractivity contribution in [3.05, 3.63) is 0 Å². The van der Waals surface area contributed by atoms with Gasteiger partial charge >= 0.3 is 8.25 Å². The lowest BCUT2D eigenvalue weighted by atomic mass is 11.7. The number of hydrogen-bond acceptors (Lipinski definition) is 7. The molecule has 0 aromatic carbocycles. The zero-order chi connectivity index (χ0) is 11.4. The molecule has 0 aliphatic heterocycles. The van der Waals surface area contributed by atoms with Crippen molar-refractivity contribution in [2.45, 2.75) is 0 Å². The average Bonchev–Trinajstić information content (AvgIpc) is 1.94. The van der Waals surface area contributed by atoms with Crippen LogP contribution in [-0.4, -0.2) is 41.2 Å². The van der Waals surface area contributed by atoms with Gasteiger partial charge in [-0.05, 0) is 0 Å². The molecule has 0 amide bonds. The summed E-state index contributed by atoms with van der Waals surface area (Å²) in [6.07, 6.45) is 1.76. The van der Waals surface area contributed by atoms with Gasteiger partial charge in [-0.25, -0.2) is 16.8 Å². The zero-order valence-electron chi connectivity index (χ0n) is 7.54. The van der Waals surface area contributed by atoms with Crippen LogP contribution in [0.1, 0.15) is 0 Å². The summed E-state index contributed by atoms with van der Waals surface area (Å²) < 4.78 is 61.2. The van der Waals surface area contributed by atoms with Gasteiger partial charge in [0.25, 0.3) is 0 Å². The van der Waals surface area contributed by atoms with Gasteiger partial charge in [0.05, 0.1) is 0 Å². The van der Waals surface area contributed by atoms with E-state index in [1.807, 2.05) is 0 Å². The van der Waals surface area contributed by atoms with E-state index in [0.29, 0.717) is 0 Å². The smallest absolute Gasteiger partial charge is 0.227 e. The van der Waals surface area contributed by atoms with E-state index < -0.39 is 39.8 Å². The molecule has 0 unspecified atom stereocenters. The third-order valence-electron chi connectivity index (χ3n) is 0.744. The fourth-order valence-corrected chi connectivity index (χ4v) is 2.61. The van der Waals surface area contributed by atoms with E-state index >= 15 is 0 Å². The van der Waals surface area contributed by atoms with Gasteiger partial charge in [0.15, 0.2) is 19.7 Å². The average molecular weight is 265 g/mol. The molecule has 0 bridgehead atoms. The minimum atomic E-state index is -3.41. The maximum atomic E-state index is 10.7. The first kappa shape index (κ1) is 13.9. The largest absolute Gasteiger partial charge is 0.699 e. The Morgan fingerprint density at radius 1 is 0.929 bits per heavy atom. The van der Waals surface area contributed by atoms with E-state index in [4.69, 9.17) is 0 Å². The maximum Gasteiger partial charge on any atom is 0.699 e. The van der Waals surface area contributed by atoms with Crippen molar-refractivity contribution in [2.75, 3.05) is 24.4 Å². The number of hydrogen-bond donors (Lipinski definition) is 0. The van der Waals surface area contributed by atoms with Crippen LogP contribution in [0.15, 0.2) is 0 Å². The first-order valence-electron chi connectivity index (χ1n) is 3.19. The SMILES string of the molecule is CS(=O)(=O)CO[P+](=O)OCS(C)(=O)=O. The Kier molecular flexibility index (Phi) is 5.10. The Morgan fingerprint density at radius 3 is 1.43 bits per heavy atom. The second kappa shape index (κ2) is 5.13. The van der Waals surface area contributed by atoms with E-state index in [1.54, 1.807) is 0 Å². The molecule has 0 radical (unpaired) electrons. The molecule has 0 saturated heterocycles. The molecule has 0 rings (SSSR count). The highest BCUT2D eigenvalue weighted by Crippen LogP contribution is 2.24. The molecule has 0 aromatic heterocycles. The molecule has 0 N–H and O–H groups in total.